The second-order valence-corrected chi connectivity index (χ2v) is 7.52. The number of aryl methyl sites for hydroxylation is 1. The number of halogens is 2. The Labute approximate surface area is 156 Å². The van der Waals surface area contributed by atoms with Crippen molar-refractivity contribution in [2.45, 2.75) is 18.2 Å². The summed E-state index contributed by atoms with van der Waals surface area (Å²) >= 11 is 3.45. The molecule has 1 fully saturated rings. The average molecular weight is 405 g/mol. The van der Waals surface area contributed by atoms with Gasteiger partial charge in [0.2, 0.25) is 5.91 Å². The number of piperazine rings is 1. The predicted molar refractivity (Wildman–Crippen MR) is 103 cm³/mol. The van der Waals surface area contributed by atoms with E-state index in [1.807, 2.05) is 4.90 Å². The van der Waals surface area contributed by atoms with Gasteiger partial charge in [-0.3, -0.25) is 4.79 Å². The van der Waals surface area contributed by atoms with Crippen LogP contribution in [0, 0.1) is 12.7 Å². The quantitative estimate of drug-likeness (QED) is 0.723. The maximum atomic E-state index is 13.8. The number of hydrogen-bond donors (Lipinski definition) is 0. The molecule has 2 aromatic rings. The summed E-state index contributed by atoms with van der Waals surface area (Å²) in [5.41, 5.74) is 3.01. The lowest BCUT2D eigenvalue weighted by Crippen LogP contribution is -2.51. The van der Waals surface area contributed by atoms with E-state index >= 15 is 0 Å². The van der Waals surface area contributed by atoms with E-state index in [0.29, 0.717) is 25.1 Å². The predicted octanol–water partition coefficient (Wildman–Crippen LogP) is 3.79. The fraction of sp³-hybridized carbons (Fsp3) is 0.350. The molecular formula is C20H22BrFN2O. The van der Waals surface area contributed by atoms with Crippen molar-refractivity contribution in [1.29, 1.82) is 0 Å². The van der Waals surface area contributed by atoms with Crippen LogP contribution in [0.15, 0.2) is 48.5 Å². The Bertz CT molecular complexity index is 744. The summed E-state index contributed by atoms with van der Waals surface area (Å²) in [6.45, 7) is 5.09. The van der Waals surface area contributed by atoms with Crippen LogP contribution in [0.1, 0.15) is 11.1 Å². The lowest BCUT2D eigenvalue weighted by Gasteiger charge is -2.37. The molecular weight excluding hydrogens is 383 g/mol. The smallest absolute Gasteiger partial charge is 0.236 e. The van der Waals surface area contributed by atoms with Gasteiger partial charge in [0.25, 0.3) is 0 Å². The topological polar surface area (TPSA) is 23.6 Å². The highest BCUT2D eigenvalue weighted by atomic mass is 79.9. The van der Waals surface area contributed by atoms with Gasteiger partial charge in [0, 0.05) is 31.9 Å². The molecule has 0 bridgehead atoms. The molecule has 0 saturated carbocycles. The van der Waals surface area contributed by atoms with Crippen molar-refractivity contribution < 1.29 is 9.18 Å². The molecule has 0 aliphatic carbocycles. The van der Waals surface area contributed by atoms with Crippen LogP contribution in [-0.4, -0.2) is 41.8 Å². The number of amides is 1. The maximum Gasteiger partial charge on any atom is 0.236 e. The summed E-state index contributed by atoms with van der Waals surface area (Å²) in [6, 6.07) is 15.0. The number of carbonyl (C=O) groups excluding carboxylic acids is 1. The highest BCUT2D eigenvalue weighted by molar-refractivity contribution is 9.10. The molecule has 1 atom stereocenters. The van der Waals surface area contributed by atoms with Crippen molar-refractivity contribution in [3.05, 3.63) is 65.5 Å². The molecule has 0 aromatic heterocycles. The summed E-state index contributed by atoms with van der Waals surface area (Å²) in [6.07, 6.45) is 0.365. The Balaban J connectivity index is 1.57. The molecule has 0 radical (unpaired) electrons. The number of rotatable bonds is 4. The molecule has 1 unspecified atom stereocenters. The molecule has 3 nitrogen and oxygen atoms in total. The molecule has 3 rings (SSSR count). The van der Waals surface area contributed by atoms with E-state index < -0.39 is 4.83 Å². The summed E-state index contributed by atoms with van der Waals surface area (Å²) in [5.74, 6) is -0.226. The first kappa shape index (κ1) is 17.9. The van der Waals surface area contributed by atoms with Crippen molar-refractivity contribution in [3.8, 4) is 0 Å². The maximum absolute atomic E-state index is 13.8. The molecule has 5 heteroatoms. The summed E-state index contributed by atoms with van der Waals surface area (Å²) < 4.78 is 13.8. The zero-order chi connectivity index (χ0) is 17.8. The zero-order valence-electron chi connectivity index (χ0n) is 14.3. The average Bonchev–Trinajstić information content (AvgIpc) is 2.63. The second kappa shape index (κ2) is 8.00. The molecule has 0 spiro atoms. The van der Waals surface area contributed by atoms with Gasteiger partial charge >= 0.3 is 0 Å². The van der Waals surface area contributed by atoms with Gasteiger partial charge in [0.05, 0.1) is 4.83 Å². The number of anilines is 1. The van der Waals surface area contributed by atoms with Gasteiger partial charge in [-0.1, -0.05) is 46.3 Å². The monoisotopic (exact) mass is 404 g/mol. The molecule has 2 aromatic carbocycles. The SMILES string of the molecule is Cc1cccc(N2CCN(C(=O)C(Br)Cc3ccccc3F)CC2)c1. The normalized spacial score (nSPS) is 16.0. The number of alkyl halides is 1. The number of hydrogen-bond acceptors (Lipinski definition) is 2. The molecule has 132 valence electrons. The fourth-order valence-electron chi connectivity index (χ4n) is 3.15. The summed E-state index contributed by atoms with van der Waals surface area (Å²) in [5, 5.41) is 0. The van der Waals surface area contributed by atoms with Crippen LogP contribution in [0.3, 0.4) is 0 Å². The van der Waals surface area contributed by atoms with E-state index in [1.54, 1.807) is 18.2 Å². The first-order chi connectivity index (χ1) is 12.0. The van der Waals surface area contributed by atoms with E-state index in [1.165, 1.54) is 17.3 Å². The molecule has 0 N–H and O–H groups in total. The van der Waals surface area contributed by atoms with E-state index in [9.17, 15) is 9.18 Å². The molecule has 1 amide bonds. The Morgan fingerprint density at radius 2 is 1.84 bits per heavy atom. The van der Waals surface area contributed by atoms with Crippen molar-refractivity contribution in [3.63, 3.8) is 0 Å². The minimum atomic E-state index is -0.394. The van der Waals surface area contributed by atoms with Crippen molar-refractivity contribution in [1.82, 2.24) is 4.90 Å². The third kappa shape index (κ3) is 4.40. The number of benzene rings is 2. The van der Waals surface area contributed by atoms with Crippen molar-refractivity contribution >= 4 is 27.5 Å². The van der Waals surface area contributed by atoms with Crippen molar-refractivity contribution in [2.75, 3.05) is 31.1 Å². The molecule has 1 heterocycles. The van der Waals surface area contributed by atoms with E-state index in [0.717, 1.165) is 13.1 Å². The van der Waals surface area contributed by atoms with Gasteiger partial charge in [-0.15, -0.1) is 0 Å². The Morgan fingerprint density at radius 3 is 2.52 bits per heavy atom. The Hall–Kier alpha value is -1.88. The highest BCUT2D eigenvalue weighted by Gasteiger charge is 2.26. The first-order valence-electron chi connectivity index (χ1n) is 8.52. The Morgan fingerprint density at radius 1 is 1.12 bits per heavy atom. The van der Waals surface area contributed by atoms with Gasteiger partial charge in [0.15, 0.2) is 0 Å². The molecule has 1 aliphatic heterocycles. The van der Waals surface area contributed by atoms with Crippen molar-refractivity contribution in [2.24, 2.45) is 0 Å². The second-order valence-electron chi connectivity index (χ2n) is 6.41. The van der Waals surface area contributed by atoms with Crippen LogP contribution >= 0.6 is 15.9 Å². The van der Waals surface area contributed by atoms with Crippen LogP contribution in [-0.2, 0) is 11.2 Å². The summed E-state index contributed by atoms with van der Waals surface area (Å²) in [7, 11) is 0. The van der Waals surface area contributed by atoms with Gasteiger partial charge in [-0.25, -0.2) is 4.39 Å². The van der Waals surface area contributed by atoms with Gasteiger partial charge < -0.3 is 9.80 Å². The lowest BCUT2D eigenvalue weighted by molar-refractivity contribution is -0.130. The van der Waals surface area contributed by atoms with E-state index in [4.69, 9.17) is 0 Å². The molecule has 25 heavy (non-hydrogen) atoms. The van der Waals surface area contributed by atoms with Crippen LogP contribution in [0.25, 0.3) is 0 Å². The fourth-order valence-corrected chi connectivity index (χ4v) is 3.79. The van der Waals surface area contributed by atoms with Crippen LogP contribution in [0.4, 0.5) is 10.1 Å². The lowest BCUT2D eigenvalue weighted by atomic mass is 10.1. The van der Waals surface area contributed by atoms with E-state index in [-0.39, 0.29) is 11.7 Å². The van der Waals surface area contributed by atoms with Crippen LogP contribution < -0.4 is 4.90 Å². The standard InChI is InChI=1S/C20H22BrFN2O/c1-15-5-4-7-17(13-15)23-9-11-24(12-10-23)20(25)18(21)14-16-6-2-3-8-19(16)22/h2-8,13,18H,9-12,14H2,1H3. The number of carbonyl (C=O) groups is 1. The number of nitrogens with zero attached hydrogens (tertiary/aromatic N) is 2. The molecule has 1 saturated heterocycles. The highest BCUT2D eigenvalue weighted by Crippen LogP contribution is 2.20. The third-order valence-electron chi connectivity index (χ3n) is 4.58. The van der Waals surface area contributed by atoms with Crippen LogP contribution in [0.2, 0.25) is 0 Å². The Kier molecular flexibility index (Phi) is 5.74. The minimum Gasteiger partial charge on any atom is -0.368 e. The van der Waals surface area contributed by atoms with Gasteiger partial charge in [0.1, 0.15) is 5.82 Å². The minimum absolute atomic E-state index is 0.0344. The van der Waals surface area contributed by atoms with Crippen LogP contribution in [0.5, 0.6) is 0 Å². The first-order valence-corrected chi connectivity index (χ1v) is 9.44. The third-order valence-corrected chi connectivity index (χ3v) is 5.30. The van der Waals surface area contributed by atoms with Gasteiger partial charge in [-0.05, 0) is 42.7 Å². The van der Waals surface area contributed by atoms with E-state index in [2.05, 4.69) is 52.0 Å². The summed E-state index contributed by atoms with van der Waals surface area (Å²) in [4.78, 5) is 16.4. The zero-order valence-corrected chi connectivity index (χ0v) is 15.9. The van der Waals surface area contributed by atoms with Gasteiger partial charge in [-0.2, -0.15) is 0 Å². The molecule has 1 aliphatic rings. The largest absolute Gasteiger partial charge is 0.368 e.